The van der Waals surface area contributed by atoms with Crippen molar-refractivity contribution in [1.29, 1.82) is 0 Å². The Balaban J connectivity index is 2.64. The first-order valence-corrected chi connectivity index (χ1v) is 6.39. The fourth-order valence-electron chi connectivity index (χ4n) is 1.66. The van der Waals surface area contributed by atoms with Crippen molar-refractivity contribution < 1.29 is 4.74 Å². The number of halogens is 1. The number of ether oxygens (including phenoxy) is 1. The molecule has 2 atom stereocenters. The zero-order valence-electron chi connectivity index (χ0n) is 10.1. The molecule has 1 rings (SSSR count). The van der Waals surface area contributed by atoms with Crippen molar-refractivity contribution >= 4 is 15.9 Å². The smallest absolute Gasteiger partial charge is 0.0693 e. The van der Waals surface area contributed by atoms with Crippen LogP contribution in [-0.2, 0) is 11.3 Å². The van der Waals surface area contributed by atoms with Gasteiger partial charge in [-0.1, -0.05) is 0 Å². The third kappa shape index (κ3) is 3.30. The lowest BCUT2D eigenvalue weighted by Crippen LogP contribution is -2.18. The molecule has 1 aromatic rings. The molecule has 1 heterocycles. The maximum atomic E-state index is 6.17. The topological polar surface area (TPSA) is 53.1 Å². The van der Waals surface area contributed by atoms with E-state index in [0.29, 0.717) is 0 Å². The third-order valence-electron chi connectivity index (χ3n) is 2.77. The molecule has 0 aliphatic carbocycles. The Hall–Kier alpha value is -0.390. The Bertz CT molecular complexity index is 327. The molecule has 0 saturated heterocycles. The van der Waals surface area contributed by atoms with Gasteiger partial charge >= 0.3 is 0 Å². The van der Waals surface area contributed by atoms with Crippen LogP contribution in [0.4, 0.5) is 0 Å². The van der Waals surface area contributed by atoms with Gasteiger partial charge in [-0.3, -0.25) is 4.68 Å². The minimum absolute atomic E-state index is 0.00873. The van der Waals surface area contributed by atoms with E-state index in [4.69, 9.17) is 10.5 Å². The highest BCUT2D eigenvalue weighted by Gasteiger charge is 2.16. The number of aryl methyl sites for hydroxylation is 1. The number of methoxy groups -OCH3 is 1. The number of hydrogen-bond acceptors (Lipinski definition) is 3. The Morgan fingerprint density at radius 1 is 1.56 bits per heavy atom. The standard InChI is InChI=1S/C11H20BrN3O/c1-4-15-11(9(12)7-14-15)10(13)6-5-8(2)16-3/h7-8,10H,4-6,13H2,1-3H3. The summed E-state index contributed by atoms with van der Waals surface area (Å²) in [6, 6.07) is 0.00873. The highest BCUT2D eigenvalue weighted by atomic mass is 79.9. The highest BCUT2D eigenvalue weighted by molar-refractivity contribution is 9.10. The first-order valence-electron chi connectivity index (χ1n) is 5.59. The third-order valence-corrected chi connectivity index (χ3v) is 3.38. The number of nitrogens with two attached hydrogens (primary N) is 1. The molecule has 2 unspecified atom stereocenters. The molecule has 16 heavy (non-hydrogen) atoms. The first-order chi connectivity index (χ1) is 7.60. The Labute approximate surface area is 105 Å². The van der Waals surface area contributed by atoms with Gasteiger partial charge in [0.15, 0.2) is 0 Å². The van der Waals surface area contributed by atoms with Crippen LogP contribution >= 0.6 is 15.9 Å². The van der Waals surface area contributed by atoms with E-state index in [2.05, 4.69) is 34.9 Å². The molecule has 0 spiro atoms. The summed E-state index contributed by atoms with van der Waals surface area (Å²) in [7, 11) is 1.72. The van der Waals surface area contributed by atoms with Crippen molar-refractivity contribution in [2.45, 2.75) is 45.4 Å². The summed E-state index contributed by atoms with van der Waals surface area (Å²) in [5.41, 5.74) is 7.25. The quantitative estimate of drug-likeness (QED) is 0.875. The van der Waals surface area contributed by atoms with Crippen molar-refractivity contribution in [2.75, 3.05) is 7.11 Å². The summed E-state index contributed by atoms with van der Waals surface area (Å²) in [5.74, 6) is 0. The summed E-state index contributed by atoms with van der Waals surface area (Å²) in [6.07, 6.45) is 3.92. The molecule has 0 amide bonds. The van der Waals surface area contributed by atoms with Gasteiger partial charge in [-0.05, 0) is 42.6 Å². The van der Waals surface area contributed by atoms with Crippen molar-refractivity contribution in [2.24, 2.45) is 5.73 Å². The molecule has 92 valence electrons. The van der Waals surface area contributed by atoms with Crippen molar-refractivity contribution in [3.8, 4) is 0 Å². The fourth-order valence-corrected chi connectivity index (χ4v) is 2.25. The van der Waals surface area contributed by atoms with Crippen LogP contribution in [0.15, 0.2) is 10.7 Å². The lowest BCUT2D eigenvalue weighted by Gasteiger charge is -2.16. The predicted octanol–water partition coefficient (Wildman–Crippen LogP) is 2.48. The van der Waals surface area contributed by atoms with Crippen LogP contribution in [0.3, 0.4) is 0 Å². The maximum absolute atomic E-state index is 6.17. The zero-order chi connectivity index (χ0) is 12.1. The molecule has 0 aliphatic heterocycles. The lowest BCUT2D eigenvalue weighted by atomic mass is 10.1. The number of rotatable bonds is 6. The minimum Gasteiger partial charge on any atom is -0.382 e. The molecule has 0 aliphatic rings. The van der Waals surface area contributed by atoms with Gasteiger partial charge in [0.25, 0.3) is 0 Å². The van der Waals surface area contributed by atoms with Crippen molar-refractivity contribution in [3.63, 3.8) is 0 Å². The summed E-state index contributed by atoms with van der Waals surface area (Å²) in [4.78, 5) is 0. The van der Waals surface area contributed by atoms with Gasteiger partial charge in [-0.25, -0.2) is 0 Å². The Morgan fingerprint density at radius 2 is 2.25 bits per heavy atom. The maximum Gasteiger partial charge on any atom is 0.0693 e. The molecule has 0 fully saturated rings. The number of aromatic nitrogens is 2. The minimum atomic E-state index is 0.00873. The molecular formula is C11H20BrN3O. The van der Waals surface area contributed by atoms with Gasteiger partial charge in [0.1, 0.15) is 0 Å². The van der Waals surface area contributed by atoms with Gasteiger partial charge in [0.2, 0.25) is 0 Å². The van der Waals surface area contributed by atoms with Gasteiger partial charge < -0.3 is 10.5 Å². The Morgan fingerprint density at radius 3 is 2.81 bits per heavy atom. The van der Waals surface area contributed by atoms with E-state index >= 15 is 0 Å². The normalized spacial score (nSPS) is 15.1. The average Bonchev–Trinajstić information content (AvgIpc) is 2.66. The van der Waals surface area contributed by atoms with E-state index in [1.54, 1.807) is 13.3 Å². The summed E-state index contributed by atoms with van der Waals surface area (Å²) < 4.78 is 8.14. The number of nitrogens with zero attached hydrogens (tertiary/aromatic N) is 2. The molecule has 0 aromatic carbocycles. The second kappa shape index (κ2) is 6.37. The van der Waals surface area contributed by atoms with E-state index in [0.717, 1.165) is 29.6 Å². The molecule has 1 aromatic heterocycles. The van der Waals surface area contributed by atoms with E-state index < -0.39 is 0 Å². The van der Waals surface area contributed by atoms with E-state index in [-0.39, 0.29) is 12.1 Å². The lowest BCUT2D eigenvalue weighted by molar-refractivity contribution is 0.107. The second-order valence-corrected chi connectivity index (χ2v) is 4.78. The van der Waals surface area contributed by atoms with Crippen LogP contribution in [0, 0.1) is 0 Å². The average molecular weight is 290 g/mol. The van der Waals surface area contributed by atoms with Crippen LogP contribution in [-0.4, -0.2) is 23.0 Å². The monoisotopic (exact) mass is 289 g/mol. The van der Waals surface area contributed by atoms with Crippen LogP contribution in [0.5, 0.6) is 0 Å². The van der Waals surface area contributed by atoms with Crippen molar-refractivity contribution in [1.82, 2.24) is 9.78 Å². The molecule has 4 nitrogen and oxygen atoms in total. The fraction of sp³-hybridized carbons (Fsp3) is 0.727. The van der Waals surface area contributed by atoms with Crippen LogP contribution in [0.1, 0.15) is 38.4 Å². The van der Waals surface area contributed by atoms with Gasteiger partial charge in [0, 0.05) is 19.7 Å². The van der Waals surface area contributed by atoms with Gasteiger partial charge in [-0.15, -0.1) is 0 Å². The molecule has 0 radical (unpaired) electrons. The molecule has 5 heteroatoms. The van der Waals surface area contributed by atoms with E-state index in [1.807, 2.05) is 4.68 Å². The Kier molecular flexibility index (Phi) is 5.44. The van der Waals surface area contributed by atoms with Gasteiger partial charge in [0.05, 0.1) is 22.5 Å². The summed E-state index contributed by atoms with van der Waals surface area (Å²) >= 11 is 3.49. The predicted molar refractivity (Wildman–Crippen MR) is 68.2 cm³/mol. The highest BCUT2D eigenvalue weighted by Crippen LogP contribution is 2.25. The molecule has 2 N–H and O–H groups in total. The van der Waals surface area contributed by atoms with Gasteiger partial charge in [-0.2, -0.15) is 5.10 Å². The van der Waals surface area contributed by atoms with E-state index in [1.165, 1.54) is 0 Å². The second-order valence-electron chi connectivity index (χ2n) is 3.92. The van der Waals surface area contributed by atoms with Crippen LogP contribution < -0.4 is 5.73 Å². The molecular weight excluding hydrogens is 270 g/mol. The van der Waals surface area contributed by atoms with Crippen molar-refractivity contribution in [3.05, 3.63) is 16.4 Å². The largest absolute Gasteiger partial charge is 0.382 e. The van der Waals surface area contributed by atoms with E-state index in [9.17, 15) is 0 Å². The van der Waals surface area contributed by atoms with Crippen LogP contribution in [0.25, 0.3) is 0 Å². The summed E-state index contributed by atoms with van der Waals surface area (Å²) in [5, 5.41) is 4.26. The molecule has 0 bridgehead atoms. The zero-order valence-corrected chi connectivity index (χ0v) is 11.7. The number of hydrogen-bond donors (Lipinski definition) is 1. The first kappa shape index (κ1) is 13.7. The SMILES string of the molecule is CCn1ncc(Br)c1C(N)CCC(C)OC. The molecule has 0 saturated carbocycles. The van der Waals surface area contributed by atoms with Crippen LogP contribution in [0.2, 0.25) is 0 Å². The summed E-state index contributed by atoms with van der Waals surface area (Å²) in [6.45, 7) is 4.96.